The van der Waals surface area contributed by atoms with Crippen LogP contribution in [0.15, 0.2) is 59.5 Å². The third kappa shape index (κ3) is 3.05. The van der Waals surface area contributed by atoms with Crippen LogP contribution in [0.25, 0.3) is 21.6 Å². The van der Waals surface area contributed by atoms with E-state index in [2.05, 4.69) is 0 Å². The lowest BCUT2D eigenvalue weighted by atomic mass is 10.0. The van der Waals surface area contributed by atoms with Gasteiger partial charge in [-0.25, -0.2) is 8.42 Å². The predicted octanol–water partition coefficient (Wildman–Crippen LogP) is 5.28. The molecule has 0 spiro atoms. The van der Waals surface area contributed by atoms with E-state index in [4.69, 9.17) is 12.2 Å². The van der Waals surface area contributed by atoms with Crippen LogP contribution >= 0.6 is 32.9 Å². The van der Waals surface area contributed by atoms with E-state index in [0.717, 1.165) is 25.4 Å². The number of benzene rings is 2. The summed E-state index contributed by atoms with van der Waals surface area (Å²) in [6.45, 7) is 0. The van der Waals surface area contributed by atoms with Gasteiger partial charge in [0.1, 0.15) is 3.82 Å². The maximum atomic E-state index is 11.6. The summed E-state index contributed by atoms with van der Waals surface area (Å²) in [4.78, 5) is 1.41. The van der Waals surface area contributed by atoms with E-state index in [1.807, 2.05) is 42.5 Å². The lowest BCUT2D eigenvalue weighted by Crippen LogP contribution is -1.96. The zero-order chi connectivity index (χ0) is 15.7. The normalized spacial score (nSPS) is 11.5. The first-order chi connectivity index (χ1) is 10.5. The molecule has 3 rings (SSSR count). The van der Waals surface area contributed by atoms with E-state index in [0.29, 0.717) is 4.90 Å². The Bertz CT molecular complexity index is 949. The van der Waals surface area contributed by atoms with Gasteiger partial charge in [0.15, 0.2) is 9.84 Å². The highest BCUT2D eigenvalue weighted by Crippen LogP contribution is 2.41. The van der Waals surface area contributed by atoms with Crippen molar-refractivity contribution in [2.45, 2.75) is 4.90 Å². The molecule has 2 aromatic carbocycles. The zero-order valence-electron chi connectivity index (χ0n) is 11.6. The van der Waals surface area contributed by atoms with Gasteiger partial charge in [0.25, 0.3) is 0 Å². The van der Waals surface area contributed by atoms with E-state index < -0.39 is 9.84 Å². The fourth-order valence-corrected chi connectivity index (χ4v) is 5.70. The molecule has 22 heavy (non-hydrogen) atoms. The van der Waals surface area contributed by atoms with E-state index in [9.17, 15) is 8.42 Å². The number of hydrogen-bond acceptors (Lipinski definition) is 5. The number of sulfone groups is 1. The van der Waals surface area contributed by atoms with Crippen LogP contribution in [0, 0.1) is 3.82 Å². The minimum atomic E-state index is -3.17. The van der Waals surface area contributed by atoms with Crippen molar-refractivity contribution in [1.82, 2.24) is 0 Å². The molecule has 0 aliphatic carbocycles. The Kier molecular flexibility index (Phi) is 4.27. The summed E-state index contributed by atoms with van der Waals surface area (Å²) in [5.41, 5.74) is 3.13. The minimum Gasteiger partial charge on any atom is -0.224 e. The molecule has 0 bridgehead atoms. The second-order valence-corrected chi connectivity index (χ2v) is 9.65. The van der Waals surface area contributed by atoms with Crippen LogP contribution in [0.5, 0.6) is 0 Å². The minimum absolute atomic E-state index is 0.330. The van der Waals surface area contributed by atoms with Crippen LogP contribution < -0.4 is 0 Å². The Labute approximate surface area is 142 Å². The first kappa shape index (κ1) is 15.6. The Balaban J connectivity index is 2.13. The van der Waals surface area contributed by atoms with Gasteiger partial charge < -0.3 is 0 Å². The third-order valence-electron chi connectivity index (χ3n) is 3.24. The fraction of sp³-hybridized carbons (Fsp3) is 0.0625. The number of rotatable bonds is 3. The maximum Gasteiger partial charge on any atom is 0.175 e. The average molecular weight is 365 g/mol. The molecule has 0 amide bonds. The predicted molar refractivity (Wildman–Crippen MR) is 97.0 cm³/mol. The molecule has 0 aliphatic rings. The molecule has 2 nitrogen and oxygen atoms in total. The molecule has 0 radical (unpaired) electrons. The Hall–Kier alpha value is -1.34. The van der Waals surface area contributed by atoms with E-state index in [-0.39, 0.29) is 0 Å². The molecule has 0 fully saturated rings. The monoisotopic (exact) mass is 364 g/mol. The van der Waals surface area contributed by atoms with Gasteiger partial charge in [-0.2, -0.15) is 0 Å². The van der Waals surface area contributed by atoms with E-state index in [1.165, 1.54) is 6.26 Å². The van der Waals surface area contributed by atoms with Crippen molar-refractivity contribution in [3.63, 3.8) is 0 Å². The van der Waals surface area contributed by atoms with Gasteiger partial charge in [-0.1, -0.05) is 75.4 Å². The van der Waals surface area contributed by atoms with Crippen LogP contribution in [0.3, 0.4) is 0 Å². The summed E-state index contributed by atoms with van der Waals surface area (Å²) in [6.07, 6.45) is 1.21. The third-order valence-corrected chi connectivity index (χ3v) is 7.43. The number of hydrogen-bond donors (Lipinski definition) is 0. The van der Waals surface area contributed by atoms with Crippen LogP contribution in [0.1, 0.15) is 0 Å². The highest BCUT2D eigenvalue weighted by atomic mass is 32.9. The van der Waals surface area contributed by atoms with Gasteiger partial charge in [-0.3, -0.25) is 0 Å². The summed E-state index contributed by atoms with van der Waals surface area (Å²) in [5.74, 6) is 0. The Morgan fingerprint density at radius 2 is 1.50 bits per heavy atom. The summed E-state index contributed by atoms with van der Waals surface area (Å²) in [5, 5.41) is 0. The maximum absolute atomic E-state index is 11.6. The molecule has 0 N–H and O–H groups in total. The van der Waals surface area contributed by atoms with E-state index >= 15 is 0 Å². The van der Waals surface area contributed by atoms with Crippen molar-refractivity contribution in [2.75, 3.05) is 6.26 Å². The Morgan fingerprint density at radius 3 is 2.09 bits per heavy atom. The van der Waals surface area contributed by atoms with Crippen molar-refractivity contribution in [2.24, 2.45) is 0 Å². The molecule has 0 atom stereocenters. The van der Waals surface area contributed by atoms with Gasteiger partial charge in [-0.05, 0) is 23.3 Å². The summed E-state index contributed by atoms with van der Waals surface area (Å²) in [7, 11) is 0.0208. The highest BCUT2D eigenvalue weighted by Gasteiger charge is 2.14. The van der Waals surface area contributed by atoms with Gasteiger partial charge in [0.2, 0.25) is 0 Å². The van der Waals surface area contributed by atoms with Crippen molar-refractivity contribution in [3.8, 4) is 21.6 Å². The van der Waals surface area contributed by atoms with Crippen LogP contribution in [-0.2, 0) is 9.84 Å². The molecule has 0 saturated carbocycles. The molecule has 3 aromatic rings. The zero-order valence-corrected chi connectivity index (χ0v) is 14.9. The summed E-state index contributed by atoms with van der Waals surface area (Å²) < 4.78 is 24.0. The average Bonchev–Trinajstić information content (AvgIpc) is 2.89. The van der Waals surface area contributed by atoms with Gasteiger partial charge in [0, 0.05) is 11.8 Å². The first-order valence-corrected chi connectivity index (χ1v) is 10.9. The fourth-order valence-electron chi connectivity index (χ4n) is 2.16. The van der Waals surface area contributed by atoms with Crippen LogP contribution in [0.4, 0.5) is 0 Å². The molecular weight excluding hydrogens is 352 g/mol. The lowest BCUT2D eigenvalue weighted by molar-refractivity contribution is 0.602. The van der Waals surface area contributed by atoms with Crippen molar-refractivity contribution in [1.29, 1.82) is 0 Å². The standard InChI is InChI=1S/C16H12O2S4/c1-22(17,18)13-9-7-12(8-10-13)15-14(16(19)21-20-15)11-5-3-2-4-6-11/h2-10H,1H3. The largest absolute Gasteiger partial charge is 0.224 e. The second-order valence-electron chi connectivity index (χ2n) is 4.82. The Morgan fingerprint density at radius 1 is 0.864 bits per heavy atom. The summed E-state index contributed by atoms with van der Waals surface area (Å²) in [6, 6.07) is 17.0. The molecule has 0 saturated heterocycles. The topological polar surface area (TPSA) is 34.1 Å². The van der Waals surface area contributed by atoms with E-state index in [1.54, 1.807) is 32.8 Å². The molecule has 1 heterocycles. The molecule has 112 valence electrons. The quantitative estimate of drug-likeness (QED) is 0.468. The molecule has 0 unspecified atom stereocenters. The van der Waals surface area contributed by atoms with Crippen molar-refractivity contribution < 1.29 is 8.42 Å². The molecule has 0 aliphatic heterocycles. The van der Waals surface area contributed by atoms with Crippen LogP contribution in [0.2, 0.25) is 0 Å². The lowest BCUT2D eigenvalue weighted by Gasteiger charge is -2.05. The molecule has 6 heteroatoms. The highest BCUT2D eigenvalue weighted by molar-refractivity contribution is 7.90. The van der Waals surface area contributed by atoms with Crippen molar-refractivity contribution in [3.05, 3.63) is 58.4 Å². The first-order valence-electron chi connectivity index (χ1n) is 6.46. The SMILES string of the molecule is CS(=O)(=O)c1ccc(-c2ssc(=S)c2-c2ccccc2)cc1. The molecule has 1 aromatic heterocycles. The van der Waals surface area contributed by atoms with Gasteiger partial charge in [-0.15, -0.1) is 0 Å². The smallest absolute Gasteiger partial charge is 0.175 e. The van der Waals surface area contributed by atoms with Gasteiger partial charge >= 0.3 is 0 Å². The van der Waals surface area contributed by atoms with Gasteiger partial charge in [0.05, 0.1) is 9.77 Å². The van der Waals surface area contributed by atoms with Crippen molar-refractivity contribution >= 4 is 42.7 Å². The summed E-state index contributed by atoms with van der Waals surface area (Å²) >= 11 is 5.47. The van der Waals surface area contributed by atoms with Crippen LogP contribution in [-0.4, -0.2) is 14.7 Å². The second kappa shape index (κ2) is 6.04. The molecular formula is C16H12O2S4.